The number of hydrogen-bond acceptors (Lipinski definition) is 2. The molecule has 102 valence electrons. The van der Waals surface area contributed by atoms with E-state index in [0.29, 0.717) is 12.6 Å². The lowest BCUT2D eigenvalue weighted by Gasteiger charge is -2.18. The lowest BCUT2D eigenvalue weighted by Crippen LogP contribution is -2.37. The Morgan fingerprint density at radius 1 is 1.37 bits per heavy atom. The Bertz CT molecular complexity index is 483. The third-order valence-corrected chi connectivity index (χ3v) is 4.38. The monoisotopic (exact) mass is 278 g/mol. The van der Waals surface area contributed by atoms with E-state index in [1.54, 1.807) is 0 Å². The lowest BCUT2D eigenvalue weighted by atomic mass is 10.1. The van der Waals surface area contributed by atoms with Gasteiger partial charge in [0.2, 0.25) is 5.91 Å². The maximum absolute atomic E-state index is 12.0. The van der Waals surface area contributed by atoms with E-state index in [-0.39, 0.29) is 5.91 Å². The Hall–Kier alpha value is -1.06. The molecule has 1 heterocycles. The maximum atomic E-state index is 12.0. The zero-order valence-electron chi connectivity index (χ0n) is 11.0. The van der Waals surface area contributed by atoms with Crippen LogP contribution in [0.25, 0.3) is 0 Å². The number of hydrogen-bond donors (Lipinski definition) is 1. The number of rotatable bonds is 3. The van der Waals surface area contributed by atoms with Crippen LogP contribution >= 0.6 is 11.6 Å². The molecule has 3 rings (SSSR count). The number of nitrogens with one attached hydrogen (secondary N) is 1. The number of benzene rings is 1. The molecule has 3 nitrogen and oxygen atoms in total. The van der Waals surface area contributed by atoms with Gasteiger partial charge < -0.3 is 10.2 Å². The molecule has 0 spiro atoms. The highest BCUT2D eigenvalue weighted by Gasteiger charge is 2.24. The van der Waals surface area contributed by atoms with Crippen molar-refractivity contribution in [1.82, 2.24) is 10.2 Å². The van der Waals surface area contributed by atoms with E-state index >= 15 is 0 Å². The van der Waals surface area contributed by atoms with Gasteiger partial charge in [0.25, 0.3) is 0 Å². The number of nitrogens with zero attached hydrogens (tertiary/aromatic N) is 1. The predicted molar refractivity (Wildman–Crippen MR) is 76.3 cm³/mol. The third kappa shape index (κ3) is 2.77. The van der Waals surface area contributed by atoms with Gasteiger partial charge in [-0.3, -0.25) is 4.79 Å². The predicted octanol–water partition coefficient (Wildman–Crippen LogP) is 2.54. The number of fused-ring (bicyclic) bond motifs is 1. The van der Waals surface area contributed by atoms with Gasteiger partial charge in [0.05, 0.1) is 6.54 Å². The SMILES string of the molecule is O=C(CNC1CCc2cc(Cl)ccc21)N1CCCC1. The summed E-state index contributed by atoms with van der Waals surface area (Å²) < 4.78 is 0. The van der Waals surface area contributed by atoms with Crippen molar-refractivity contribution in [2.24, 2.45) is 0 Å². The van der Waals surface area contributed by atoms with Crippen LogP contribution in [0.4, 0.5) is 0 Å². The van der Waals surface area contributed by atoms with Crippen LogP contribution in [0.1, 0.15) is 36.4 Å². The average molecular weight is 279 g/mol. The van der Waals surface area contributed by atoms with Crippen LogP contribution in [-0.2, 0) is 11.2 Å². The number of halogens is 1. The molecule has 0 saturated carbocycles. The van der Waals surface area contributed by atoms with Gasteiger partial charge in [-0.15, -0.1) is 0 Å². The Morgan fingerprint density at radius 2 is 2.16 bits per heavy atom. The molecule has 19 heavy (non-hydrogen) atoms. The molecule has 1 aromatic rings. The molecule has 4 heteroatoms. The van der Waals surface area contributed by atoms with Crippen LogP contribution in [0, 0.1) is 0 Å². The van der Waals surface area contributed by atoms with E-state index in [9.17, 15) is 4.79 Å². The minimum Gasteiger partial charge on any atom is -0.342 e. The van der Waals surface area contributed by atoms with Gasteiger partial charge in [0, 0.05) is 24.2 Å². The Balaban J connectivity index is 1.59. The second-order valence-electron chi connectivity index (χ2n) is 5.40. The van der Waals surface area contributed by atoms with Crippen molar-refractivity contribution in [2.75, 3.05) is 19.6 Å². The van der Waals surface area contributed by atoms with Crippen molar-refractivity contribution < 1.29 is 4.79 Å². The Morgan fingerprint density at radius 3 is 2.95 bits per heavy atom. The van der Waals surface area contributed by atoms with Gasteiger partial charge >= 0.3 is 0 Å². The molecule has 1 saturated heterocycles. The molecule has 1 unspecified atom stereocenters. The standard InChI is InChI=1S/C15H19ClN2O/c16-12-4-5-13-11(9-12)3-6-14(13)17-10-15(19)18-7-1-2-8-18/h4-5,9,14,17H,1-3,6-8,10H2. The van der Waals surface area contributed by atoms with E-state index in [1.165, 1.54) is 11.1 Å². The highest BCUT2D eigenvalue weighted by atomic mass is 35.5. The first-order chi connectivity index (χ1) is 9.24. The van der Waals surface area contributed by atoms with Gasteiger partial charge in [0.15, 0.2) is 0 Å². The molecular weight excluding hydrogens is 260 g/mol. The second-order valence-corrected chi connectivity index (χ2v) is 5.84. The Labute approximate surface area is 118 Å². The smallest absolute Gasteiger partial charge is 0.236 e. The molecule has 1 atom stereocenters. The third-order valence-electron chi connectivity index (χ3n) is 4.14. The molecule has 0 radical (unpaired) electrons. The number of amides is 1. The summed E-state index contributed by atoms with van der Waals surface area (Å²) >= 11 is 6.00. The van der Waals surface area contributed by atoms with Crippen LogP contribution < -0.4 is 5.32 Å². The highest BCUT2D eigenvalue weighted by Crippen LogP contribution is 2.32. The fourth-order valence-electron chi connectivity index (χ4n) is 3.09. The first-order valence-corrected chi connectivity index (χ1v) is 7.41. The molecule has 2 aliphatic rings. The van der Waals surface area contributed by atoms with Crippen molar-refractivity contribution in [3.63, 3.8) is 0 Å². The largest absolute Gasteiger partial charge is 0.342 e. The van der Waals surface area contributed by atoms with Gasteiger partial charge in [0.1, 0.15) is 0 Å². The van der Waals surface area contributed by atoms with Crippen LogP contribution in [0.2, 0.25) is 5.02 Å². The van der Waals surface area contributed by atoms with Crippen molar-refractivity contribution >= 4 is 17.5 Å². The van der Waals surface area contributed by atoms with Crippen LogP contribution in [0.15, 0.2) is 18.2 Å². The minimum atomic E-state index is 0.236. The summed E-state index contributed by atoms with van der Waals surface area (Å²) in [5.41, 5.74) is 2.62. The van der Waals surface area contributed by atoms with Gasteiger partial charge in [-0.05, 0) is 48.9 Å². The van der Waals surface area contributed by atoms with Crippen LogP contribution in [-0.4, -0.2) is 30.4 Å². The molecule has 1 fully saturated rings. The fourth-order valence-corrected chi connectivity index (χ4v) is 3.28. The lowest BCUT2D eigenvalue weighted by molar-refractivity contribution is -0.129. The van der Waals surface area contributed by atoms with E-state index < -0.39 is 0 Å². The summed E-state index contributed by atoms with van der Waals surface area (Å²) in [5.74, 6) is 0.236. The molecule has 1 N–H and O–H groups in total. The second kappa shape index (κ2) is 5.51. The van der Waals surface area contributed by atoms with Crippen molar-refractivity contribution in [3.05, 3.63) is 34.3 Å². The van der Waals surface area contributed by atoms with Crippen molar-refractivity contribution in [2.45, 2.75) is 31.7 Å². The van der Waals surface area contributed by atoms with E-state index in [2.05, 4.69) is 11.4 Å². The number of likely N-dealkylation sites (tertiary alicyclic amines) is 1. The molecule has 1 aromatic carbocycles. The molecule has 1 aliphatic heterocycles. The number of carbonyl (C=O) groups is 1. The van der Waals surface area contributed by atoms with E-state index in [1.807, 2.05) is 17.0 Å². The average Bonchev–Trinajstić information content (AvgIpc) is 3.05. The molecule has 1 amide bonds. The summed E-state index contributed by atoms with van der Waals surface area (Å²) in [6.07, 6.45) is 4.40. The molecular formula is C15H19ClN2O. The zero-order valence-corrected chi connectivity index (χ0v) is 11.7. The molecule has 0 aromatic heterocycles. The summed E-state index contributed by atoms with van der Waals surface area (Å²) in [5, 5.41) is 4.20. The summed E-state index contributed by atoms with van der Waals surface area (Å²) in [4.78, 5) is 14.0. The first-order valence-electron chi connectivity index (χ1n) is 7.03. The Kier molecular flexibility index (Phi) is 3.76. The van der Waals surface area contributed by atoms with Crippen LogP contribution in [0.5, 0.6) is 0 Å². The minimum absolute atomic E-state index is 0.236. The van der Waals surface area contributed by atoms with Crippen molar-refractivity contribution in [3.8, 4) is 0 Å². The maximum Gasteiger partial charge on any atom is 0.236 e. The first kappa shape index (κ1) is 12.9. The van der Waals surface area contributed by atoms with Gasteiger partial charge in [-0.25, -0.2) is 0 Å². The highest BCUT2D eigenvalue weighted by molar-refractivity contribution is 6.30. The fraction of sp³-hybridized carbons (Fsp3) is 0.533. The normalized spacial score (nSPS) is 21.7. The zero-order chi connectivity index (χ0) is 13.2. The van der Waals surface area contributed by atoms with E-state index in [0.717, 1.165) is 43.8 Å². The number of aryl methyl sites for hydroxylation is 1. The van der Waals surface area contributed by atoms with Crippen LogP contribution in [0.3, 0.4) is 0 Å². The quantitative estimate of drug-likeness (QED) is 0.922. The van der Waals surface area contributed by atoms with Gasteiger partial charge in [-0.2, -0.15) is 0 Å². The molecule has 0 bridgehead atoms. The summed E-state index contributed by atoms with van der Waals surface area (Å²) in [6, 6.07) is 6.37. The topological polar surface area (TPSA) is 32.3 Å². The number of carbonyl (C=O) groups excluding carboxylic acids is 1. The van der Waals surface area contributed by atoms with Crippen molar-refractivity contribution in [1.29, 1.82) is 0 Å². The molecule has 1 aliphatic carbocycles. The van der Waals surface area contributed by atoms with Gasteiger partial charge in [-0.1, -0.05) is 17.7 Å². The van der Waals surface area contributed by atoms with E-state index in [4.69, 9.17) is 11.6 Å². The summed E-state index contributed by atoms with van der Waals surface area (Å²) in [6.45, 7) is 2.31. The summed E-state index contributed by atoms with van der Waals surface area (Å²) in [7, 11) is 0.